The Morgan fingerprint density at radius 3 is 2.62 bits per heavy atom. The molecule has 0 aliphatic rings. The highest BCUT2D eigenvalue weighted by Crippen LogP contribution is 2.22. The number of rotatable bonds is 6. The molecule has 0 aromatic heterocycles. The van der Waals surface area contributed by atoms with Crippen LogP contribution in [0.1, 0.15) is 37.8 Å². The Bertz CT molecular complexity index is 323. The van der Waals surface area contributed by atoms with E-state index < -0.39 is 0 Å². The number of aryl methyl sites for hydroxylation is 1. The number of benzene rings is 1. The molecule has 0 radical (unpaired) electrons. The van der Waals surface area contributed by atoms with E-state index in [1.165, 1.54) is 28.2 Å². The molecule has 1 atom stereocenters. The highest BCUT2D eigenvalue weighted by molar-refractivity contribution is 7.99. The van der Waals surface area contributed by atoms with Crippen LogP contribution in [0.25, 0.3) is 0 Å². The molecule has 1 rings (SSSR count). The molecule has 1 aromatic carbocycles. The zero-order chi connectivity index (χ0) is 12.0. The maximum Gasteiger partial charge on any atom is 0.00767 e. The van der Waals surface area contributed by atoms with Crippen molar-refractivity contribution in [2.75, 3.05) is 5.75 Å². The molecule has 1 aromatic rings. The van der Waals surface area contributed by atoms with Gasteiger partial charge in [-0.2, -0.15) is 0 Å². The molecular formula is C14H23NS. The summed E-state index contributed by atoms with van der Waals surface area (Å²) >= 11 is 1.94. The molecule has 90 valence electrons. The largest absolute Gasteiger partial charge is 0.327 e. The van der Waals surface area contributed by atoms with Crippen molar-refractivity contribution >= 4 is 11.8 Å². The van der Waals surface area contributed by atoms with E-state index in [2.05, 4.69) is 39.0 Å². The van der Waals surface area contributed by atoms with Gasteiger partial charge in [-0.25, -0.2) is 0 Å². The Balaban J connectivity index is 2.67. The van der Waals surface area contributed by atoms with Crippen LogP contribution in [-0.4, -0.2) is 11.8 Å². The SMILES string of the molecule is CCCSc1ccc(CC(N)CC)c(C)c1. The van der Waals surface area contributed by atoms with Gasteiger partial charge >= 0.3 is 0 Å². The maximum atomic E-state index is 5.99. The zero-order valence-corrected chi connectivity index (χ0v) is 11.4. The predicted molar refractivity (Wildman–Crippen MR) is 74.2 cm³/mol. The fourth-order valence-electron chi connectivity index (χ4n) is 1.63. The first-order valence-electron chi connectivity index (χ1n) is 6.15. The van der Waals surface area contributed by atoms with Gasteiger partial charge in [0.15, 0.2) is 0 Å². The lowest BCUT2D eigenvalue weighted by molar-refractivity contribution is 0.644. The average Bonchev–Trinajstić information content (AvgIpc) is 2.29. The Labute approximate surface area is 104 Å². The highest BCUT2D eigenvalue weighted by atomic mass is 32.2. The summed E-state index contributed by atoms with van der Waals surface area (Å²) in [6.45, 7) is 6.55. The van der Waals surface area contributed by atoms with Crippen LogP contribution >= 0.6 is 11.8 Å². The van der Waals surface area contributed by atoms with Crippen LogP contribution in [0.15, 0.2) is 23.1 Å². The van der Waals surface area contributed by atoms with Gasteiger partial charge < -0.3 is 5.73 Å². The number of hydrogen-bond acceptors (Lipinski definition) is 2. The van der Waals surface area contributed by atoms with Crippen molar-refractivity contribution in [1.82, 2.24) is 0 Å². The summed E-state index contributed by atoms with van der Waals surface area (Å²) in [6.07, 6.45) is 3.28. The lowest BCUT2D eigenvalue weighted by Gasteiger charge is -2.12. The lowest BCUT2D eigenvalue weighted by Crippen LogP contribution is -2.21. The first-order chi connectivity index (χ1) is 7.67. The average molecular weight is 237 g/mol. The van der Waals surface area contributed by atoms with Crippen molar-refractivity contribution < 1.29 is 0 Å². The molecule has 2 heteroatoms. The second kappa shape index (κ2) is 6.97. The Morgan fingerprint density at radius 2 is 2.06 bits per heavy atom. The monoisotopic (exact) mass is 237 g/mol. The van der Waals surface area contributed by atoms with E-state index in [0.717, 1.165) is 12.8 Å². The van der Waals surface area contributed by atoms with Crippen LogP contribution in [0.2, 0.25) is 0 Å². The van der Waals surface area contributed by atoms with Crippen LogP contribution in [0, 0.1) is 6.92 Å². The molecule has 0 fully saturated rings. The van der Waals surface area contributed by atoms with Gasteiger partial charge in [-0.1, -0.05) is 19.9 Å². The fraction of sp³-hybridized carbons (Fsp3) is 0.571. The van der Waals surface area contributed by atoms with Gasteiger partial charge in [0.25, 0.3) is 0 Å². The molecule has 0 saturated heterocycles. The molecule has 1 unspecified atom stereocenters. The molecule has 0 aliphatic heterocycles. The summed E-state index contributed by atoms with van der Waals surface area (Å²) in [4.78, 5) is 1.38. The summed E-state index contributed by atoms with van der Waals surface area (Å²) in [5.74, 6) is 1.20. The molecule has 16 heavy (non-hydrogen) atoms. The molecular weight excluding hydrogens is 214 g/mol. The van der Waals surface area contributed by atoms with Crippen LogP contribution in [-0.2, 0) is 6.42 Å². The van der Waals surface area contributed by atoms with E-state index in [9.17, 15) is 0 Å². The third-order valence-electron chi connectivity index (χ3n) is 2.79. The predicted octanol–water partition coefficient (Wildman–Crippen LogP) is 3.78. The molecule has 0 aliphatic carbocycles. The van der Waals surface area contributed by atoms with Crippen molar-refractivity contribution in [2.24, 2.45) is 5.73 Å². The van der Waals surface area contributed by atoms with Gasteiger partial charge in [0.05, 0.1) is 0 Å². The van der Waals surface area contributed by atoms with Gasteiger partial charge in [-0.3, -0.25) is 0 Å². The van der Waals surface area contributed by atoms with Crippen molar-refractivity contribution in [3.63, 3.8) is 0 Å². The minimum Gasteiger partial charge on any atom is -0.327 e. The third-order valence-corrected chi connectivity index (χ3v) is 3.99. The molecule has 2 N–H and O–H groups in total. The van der Waals surface area contributed by atoms with Crippen molar-refractivity contribution in [2.45, 2.75) is 51.0 Å². The van der Waals surface area contributed by atoms with Crippen molar-refractivity contribution in [3.05, 3.63) is 29.3 Å². The Kier molecular flexibility index (Phi) is 5.93. The lowest BCUT2D eigenvalue weighted by atomic mass is 10.0. The smallest absolute Gasteiger partial charge is 0.00767 e. The standard InChI is InChI=1S/C14H23NS/c1-4-8-16-14-7-6-12(11(3)9-14)10-13(15)5-2/h6-7,9,13H,4-5,8,10,15H2,1-3H3. The van der Waals surface area contributed by atoms with E-state index in [1.54, 1.807) is 0 Å². The topological polar surface area (TPSA) is 26.0 Å². The quantitative estimate of drug-likeness (QED) is 0.762. The van der Waals surface area contributed by atoms with Crippen LogP contribution in [0.5, 0.6) is 0 Å². The van der Waals surface area contributed by atoms with E-state index >= 15 is 0 Å². The third kappa shape index (κ3) is 4.18. The first kappa shape index (κ1) is 13.6. The molecule has 0 saturated carbocycles. The minimum atomic E-state index is 0.299. The number of hydrogen-bond donors (Lipinski definition) is 1. The molecule has 0 heterocycles. The van der Waals surface area contributed by atoms with Crippen LogP contribution in [0.4, 0.5) is 0 Å². The van der Waals surface area contributed by atoms with Crippen molar-refractivity contribution in [1.29, 1.82) is 0 Å². The molecule has 0 spiro atoms. The van der Waals surface area contributed by atoms with Gasteiger partial charge in [-0.05, 0) is 55.2 Å². The second-order valence-corrected chi connectivity index (χ2v) is 5.48. The molecule has 1 nitrogen and oxygen atoms in total. The molecule has 0 amide bonds. The summed E-state index contributed by atoms with van der Waals surface area (Å²) in [5, 5.41) is 0. The number of thioether (sulfide) groups is 1. The van der Waals surface area contributed by atoms with Gasteiger partial charge in [0.2, 0.25) is 0 Å². The van der Waals surface area contributed by atoms with Crippen LogP contribution < -0.4 is 5.73 Å². The van der Waals surface area contributed by atoms with E-state index in [1.807, 2.05) is 11.8 Å². The summed E-state index contributed by atoms with van der Waals surface area (Å²) in [6, 6.07) is 7.05. The first-order valence-corrected chi connectivity index (χ1v) is 7.13. The molecule has 0 bridgehead atoms. The zero-order valence-electron chi connectivity index (χ0n) is 10.6. The second-order valence-electron chi connectivity index (χ2n) is 4.31. The minimum absolute atomic E-state index is 0.299. The maximum absolute atomic E-state index is 5.99. The summed E-state index contributed by atoms with van der Waals surface area (Å²) in [5.41, 5.74) is 8.76. The van der Waals surface area contributed by atoms with Gasteiger partial charge in [0, 0.05) is 10.9 Å². The summed E-state index contributed by atoms with van der Waals surface area (Å²) < 4.78 is 0. The Morgan fingerprint density at radius 1 is 1.31 bits per heavy atom. The van der Waals surface area contributed by atoms with E-state index in [0.29, 0.717) is 6.04 Å². The highest BCUT2D eigenvalue weighted by Gasteiger charge is 2.05. The van der Waals surface area contributed by atoms with Gasteiger partial charge in [-0.15, -0.1) is 11.8 Å². The van der Waals surface area contributed by atoms with E-state index in [4.69, 9.17) is 5.73 Å². The van der Waals surface area contributed by atoms with Crippen LogP contribution in [0.3, 0.4) is 0 Å². The fourth-order valence-corrected chi connectivity index (χ4v) is 2.50. The summed E-state index contributed by atoms with van der Waals surface area (Å²) in [7, 11) is 0. The van der Waals surface area contributed by atoms with Crippen molar-refractivity contribution in [3.8, 4) is 0 Å². The Hall–Kier alpha value is -0.470. The van der Waals surface area contributed by atoms with E-state index in [-0.39, 0.29) is 0 Å². The number of nitrogens with two attached hydrogens (primary N) is 1. The van der Waals surface area contributed by atoms with Gasteiger partial charge in [0.1, 0.15) is 0 Å². The normalized spacial score (nSPS) is 12.8.